The van der Waals surface area contributed by atoms with Gasteiger partial charge >= 0.3 is 6.18 Å². The molecule has 1 atom stereocenters. The van der Waals surface area contributed by atoms with Gasteiger partial charge in [-0.2, -0.15) is 18.3 Å². The van der Waals surface area contributed by atoms with Gasteiger partial charge in [0.2, 0.25) is 0 Å². The molecule has 0 aliphatic heterocycles. The van der Waals surface area contributed by atoms with Gasteiger partial charge < -0.3 is 15.4 Å². The zero-order valence-electron chi connectivity index (χ0n) is 18.8. The summed E-state index contributed by atoms with van der Waals surface area (Å²) in [7, 11) is 1.95. The molecule has 1 aromatic heterocycles. The predicted octanol–water partition coefficient (Wildman–Crippen LogP) is 3.80. The highest BCUT2D eigenvalue weighted by molar-refractivity contribution is 5.80. The third-order valence-electron chi connectivity index (χ3n) is 4.87. The molecule has 0 aliphatic carbocycles. The van der Waals surface area contributed by atoms with Gasteiger partial charge in [0.15, 0.2) is 5.96 Å². The molecule has 0 fully saturated rings. The molecule has 0 amide bonds. The van der Waals surface area contributed by atoms with Crippen molar-refractivity contribution in [1.82, 2.24) is 20.4 Å². The van der Waals surface area contributed by atoms with Crippen molar-refractivity contribution in [3.8, 4) is 0 Å². The van der Waals surface area contributed by atoms with Gasteiger partial charge in [0.25, 0.3) is 0 Å². The van der Waals surface area contributed by atoms with E-state index in [9.17, 15) is 13.2 Å². The lowest BCUT2D eigenvalue weighted by Gasteiger charge is -2.18. The Labute approximate surface area is 181 Å². The average molecular weight is 440 g/mol. The van der Waals surface area contributed by atoms with Gasteiger partial charge in [-0.25, -0.2) is 4.99 Å². The highest BCUT2D eigenvalue weighted by atomic mass is 19.4. The number of aromatic nitrogens is 2. The summed E-state index contributed by atoms with van der Waals surface area (Å²) in [5.41, 5.74) is 5.09. The molecule has 2 N–H and O–H groups in total. The zero-order valence-corrected chi connectivity index (χ0v) is 18.8. The molecule has 0 aliphatic rings. The quantitative estimate of drug-likeness (QED) is 0.461. The molecule has 9 heteroatoms. The van der Waals surface area contributed by atoms with Gasteiger partial charge in [-0.1, -0.05) is 24.3 Å². The molecular weight excluding hydrogens is 407 g/mol. The number of benzene rings is 1. The molecule has 172 valence electrons. The number of ether oxygens (including phenoxy) is 1. The Morgan fingerprint density at radius 2 is 1.84 bits per heavy atom. The normalized spacial score (nSPS) is 13.4. The number of rotatable bonds is 9. The van der Waals surface area contributed by atoms with Crippen molar-refractivity contribution in [2.24, 2.45) is 12.0 Å². The fourth-order valence-corrected chi connectivity index (χ4v) is 3.22. The summed E-state index contributed by atoms with van der Waals surface area (Å²) in [6, 6.07) is 7.39. The minimum atomic E-state index is -4.31. The highest BCUT2D eigenvalue weighted by Crippen LogP contribution is 2.16. The van der Waals surface area contributed by atoms with Crippen molar-refractivity contribution in [3.63, 3.8) is 0 Å². The predicted molar refractivity (Wildman–Crippen MR) is 116 cm³/mol. The first-order valence-corrected chi connectivity index (χ1v) is 10.3. The van der Waals surface area contributed by atoms with Crippen LogP contribution < -0.4 is 10.6 Å². The van der Waals surface area contributed by atoms with Crippen LogP contribution in [0.15, 0.2) is 29.3 Å². The average Bonchev–Trinajstić information content (AvgIpc) is 2.92. The Morgan fingerprint density at radius 3 is 2.39 bits per heavy atom. The van der Waals surface area contributed by atoms with Crippen molar-refractivity contribution in [2.75, 3.05) is 13.2 Å². The lowest BCUT2D eigenvalue weighted by Crippen LogP contribution is -2.43. The number of halogens is 3. The molecule has 2 rings (SSSR count). The Bertz CT molecular complexity index is 859. The largest absolute Gasteiger partial charge is 0.411 e. The van der Waals surface area contributed by atoms with E-state index >= 15 is 0 Å². The van der Waals surface area contributed by atoms with Crippen LogP contribution in [0.1, 0.15) is 41.9 Å². The molecule has 0 saturated heterocycles. The van der Waals surface area contributed by atoms with Crippen molar-refractivity contribution in [3.05, 3.63) is 52.3 Å². The number of aryl methyl sites for hydroxylation is 2. The lowest BCUT2D eigenvalue weighted by molar-refractivity contribution is -0.176. The molecular formula is C22H32F3N5O. The smallest absolute Gasteiger partial charge is 0.367 e. The Hall–Kier alpha value is -2.55. The maximum Gasteiger partial charge on any atom is 0.411 e. The maximum atomic E-state index is 12.2. The van der Waals surface area contributed by atoms with E-state index in [1.165, 1.54) is 5.56 Å². The molecule has 1 heterocycles. The monoisotopic (exact) mass is 439 g/mol. The van der Waals surface area contributed by atoms with Crippen molar-refractivity contribution in [2.45, 2.75) is 59.5 Å². The molecule has 31 heavy (non-hydrogen) atoms. The summed E-state index contributed by atoms with van der Waals surface area (Å²) in [6.07, 6.45) is -3.47. The molecule has 0 spiro atoms. The van der Waals surface area contributed by atoms with Crippen LogP contribution in [0.5, 0.6) is 0 Å². The standard InChI is InChI=1S/C22H32F3N5O/c1-6-26-21(28-15(2)11-20-16(3)29-30(5)17(20)4)27-12-18-7-9-19(10-8-18)13-31-14-22(23,24)25/h7-10,15H,6,11-14H2,1-5H3,(H2,26,27,28). The van der Waals surface area contributed by atoms with E-state index in [-0.39, 0.29) is 12.6 Å². The van der Waals surface area contributed by atoms with Crippen LogP contribution in [0.2, 0.25) is 0 Å². The number of alkyl halides is 3. The molecule has 0 saturated carbocycles. The van der Waals surface area contributed by atoms with Gasteiger partial charge in [-0.05, 0) is 50.8 Å². The second kappa shape index (κ2) is 11.2. The fourth-order valence-electron chi connectivity index (χ4n) is 3.22. The van der Waals surface area contributed by atoms with Gasteiger partial charge in [-0.3, -0.25) is 4.68 Å². The molecule has 6 nitrogen and oxygen atoms in total. The van der Waals surface area contributed by atoms with Crippen LogP contribution in [-0.2, 0) is 31.4 Å². The van der Waals surface area contributed by atoms with E-state index in [0.717, 1.165) is 29.9 Å². The van der Waals surface area contributed by atoms with Crippen LogP contribution in [0.3, 0.4) is 0 Å². The second-order valence-electron chi connectivity index (χ2n) is 7.64. The van der Waals surface area contributed by atoms with Gasteiger partial charge in [-0.15, -0.1) is 0 Å². The summed E-state index contributed by atoms with van der Waals surface area (Å²) in [6.45, 7) is 8.08. The summed E-state index contributed by atoms with van der Waals surface area (Å²) < 4.78 is 43.1. The van der Waals surface area contributed by atoms with E-state index in [2.05, 4.69) is 39.3 Å². The van der Waals surface area contributed by atoms with E-state index < -0.39 is 12.8 Å². The first-order valence-electron chi connectivity index (χ1n) is 10.3. The van der Waals surface area contributed by atoms with Crippen LogP contribution in [0.4, 0.5) is 13.2 Å². The third-order valence-corrected chi connectivity index (χ3v) is 4.87. The van der Waals surface area contributed by atoms with E-state index in [0.29, 0.717) is 18.1 Å². The molecule has 0 bridgehead atoms. The Morgan fingerprint density at radius 1 is 1.19 bits per heavy atom. The Kier molecular flexibility index (Phi) is 8.91. The fraction of sp³-hybridized carbons (Fsp3) is 0.545. The van der Waals surface area contributed by atoms with Crippen LogP contribution in [0, 0.1) is 13.8 Å². The highest BCUT2D eigenvalue weighted by Gasteiger charge is 2.27. The maximum absolute atomic E-state index is 12.2. The molecule has 0 radical (unpaired) electrons. The van der Waals surface area contributed by atoms with Crippen LogP contribution in [-0.4, -0.2) is 41.1 Å². The van der Waals surface area contributed by atoms with E-state index in [1.807, 2.05) is 37.7 Å². The summed E-state index contributed by atoms with van der Waals surface area (Å²) in [5.74, 6) is 0.715. The van der Waals surface area contributed by atoms with Gasteiger partial charge in [0.1, 0.15) is 6.61 Å². The zero-order chi connectivity index (χ0) is 23.0. The summed E-state index contributed by atoms with van der Waals surface area (Å²) in [5, 5.41) is 11.1. The number of hydrogen-bond acceptors (Lipinski definition) is 3. The number of nitrogens with zero attached hydrogens (tertiary/aromatic N) is 3. The van der Waals surface area contributed by atoms with E-state index in [1.54, 1.807) is 12.1 Å². The summed E-state index contributed by atoms with van der Waals surface area (Å²) >= 11 is 0. The first kappa shape index (κ1) is 24.7. The Balaban J connectivity index is 1.92. The molecule has 2 aromatic rings. The number of nitrogens with one attached hydrogen (secondary N) is 2. The molecule has 1 unspecified atom stereocenters. The number of hydrogen-bond donors (Lipinski definition) is 2. The third kappa shape index (κ3) is 8.24. The first-order chi connectivity index (χ1) is 14.6. The SMILES string of the molecule is CCNC(=NCc1ccc(COCC(F)(F)F)cc1)NC(C)Cc1c(C)nn(C)c1C. The minimum absolute atomic E-state index is 0.0715. The van der Waals surface area contributed by atoms with E-state index in [4.69, 9.17) is 0 Å². The second-order valence-corrected chi connectivity index (χ2v) is 7.64. The topological polar surface area (TPSA) is 63.5 Å². The van der Waals surface area contributed by atoms with Crippen LogP contribution in [0.25, 0.3) is 0 Å². The van der Waals surface area contributed by atoms with Crippen molar-refractivity contribution < 1.29 is 17.9 Å². The van der Waals surface area contributed by atoms with Crippen LogP contribution >= 0.6 is 0 Å². The number of guanidine groups is 1. The molecule has 1 aromatic carbocycles. The lowest BCUT2D eigenvalue weighted by atomic mass is 10.1. The minimum Gasteiger partial charge on any atom is -0.367 e. The summed E-state index contributed by atoms with van der Waals surface area (Å²) in [4.78, 5) is 4.63. The van der Waals surface area contributed by atoms with Gasteiger partial charge in [0, 0.05) is 25.3 Å². The van der Waals surface area contributed by atoms with Crippen molar-refractivity contribution >= 4 is 5.96 Å². The number of aliphatic imine (C=N–C) groups is 1. The van der Waals surface area contributed by atoms with Crippen molar-refractivity contribution in [1.29, 1.82) is 0 Å². The van der Waals surface area contributed by atoms with Gasteiger partial charge in [0.05, 0.1) is 18.8 Å².